The molecular formula is C16H17FO2. The SMILES string of the molecule is OC(F)c1ccccc1.OCC=Cc1ccccc1. The third kappa shape index (κ3) is 6.50. The van der Waals surface area contributed by atoms with Gasteiger partial charge in [0.2, 0.25) is 6.36 Å². The molecule has 100 valence electrons. The molecule has 1 unspecified atom stereocenters. The Balaban J connectivity index is 0.000000191. The number of alkyl halides is 1. The van der Waals surface area contributed by atoms with Crippen LogP contribution >= 0.6 is 0 Å². The van der Waals surface area contributed by atoms with Gasteiger partial charge in [0.05, 0.1) is 6.61 Å². The van der Waals surface area contributed by atoms with E-state index in [4.69, 9.17) is 10.2 Å². The number of aliphatic hydroxyl groups is 2. The summed E-state index contributed by atoms with van der Waals surface area (Å²) in [6, 6.07) is 18.1. The van der Waals surface area contributed by atoms with Crippen LogP contribution in [-0.4, -0.2) is 16.8 Å². The van der Waals surface area contributed by atoms with E-state index in [1.165, 1.54) is 12.1 Å². The summed E-state index contributed by atoms with van der Waals surface area (Å²) in [5, 5.41) is 16.8. The Bertz CT molecular complexity index is 467. The summed E-state index contributed by atoms with van der Waals surface area (Å²) in [6.07, 6.45) is 1.76. The molecule has 0 amide bonds. The van der Waals surface area contributed by atoms with Gasteiger partial charge in [-0.2, -0.15) is 0 Å². The van der Waals surface area contributed by atoms with Crippen LogP contribution in [0.4, 0.5) is 4.39 Å². The maximum atomic E-state index is 12.0. The third-order valence-corrected chi connectivity index (χ3v) is 2.29. The predicted molar refractivity (Wildman–Crippen MR) is 75.1 cm³/mol. The zero-order valence-corrected chi connectivity index (χ0v) is 10.5. The van der Waals surface area contributed by atoms with E-state index >= 15 is 0 Å². The van der Waals surface area contributed by atoms with E-state index in [2.05, 4.69) is 0 Å². The Morgan fingerprint density at radius 1 is 0.947 bits per heavy atom. The van der Waals surface area contributed by atoms with Crippen molar-refractivity contribution >= 4 is 6.08 Å². The van der Waals surface area contributed by atoms with E-state index < -0.39 is 6.36 Å². The number of hydrogen-bond acceptors (Lipinski definition) is 2. The van der Waals surface area contributed by atoms with Crippen LogP contribution < -0.4 is 0 Å². The van der Waals surface area contributed by atoms with Gasteiger partial charge in [0.25, 0.3) is 0 Å². The largest absolute Gasteiger partial charge is 0.392 e. The highest BCUT2D eigenvalue weighted by molar-refractivity contribution is 5.48. The monoisotopic (exact) mass is 260 g/mol. The molecule has 0 bridgehead atoms. The number of halogens is 1. The quantitative estimate of drug-likeness (QED) is 0.888. The molecule has 0 spiro atoms. The van der Waals surface area contributed by atoms with Gasteiger partial charge in [-0.05, 0) is 5.56 Å². The van der Waals surface area contributed by atoms with Crippen molar-refractivity contribution in [1.29, 1.82) is 0 Å². The summed E-state index contributed by atoms with van der Waals surface area (Å²) in [5.74, 6) is 0. The molecule has 0 aliphatic heterocycles. The number of benzene rings is 2. The van der Waals surface area contributed by atoms with Crippen molar-refractivity contribution in [2.24, 2.45) is 0 Å². The van der Waals surface area contributed by atoms with Gasteiger partial charge in [-0.3, -0.25) is 0 Å². The van der Waals surface area contributed by atoms with E-state index in [0.29, 0.717) is 5.56 Å². The first-order valence-corrected chi connectivity index (χ1v) is 5.93. The van der Waals surface area contributed by atoms with E-state index in [9.17, 15) is 4.39 Å². The van der Waals surface area contributed by atoms with Crippen LogP contribution in [0.1, 0.15) is 17.5 Å². The van der Waals surface area contributed by atoms with E-state index in [0.717, 1.165) is 5.56 Å². The van der Waals surface area contributed by atoms with Crippen LogP contribution in [0.25, 0.3) is 6.08 Å². The molecule has 19 heavy (non-hydrogen) atoms. The van der Waals surface area contributed by atoms with Crippen molar-refractivity contribution in [3.63, 3.8) is 0 Å². The minimum atomic E-state index is -1.84. The number of aliphatic hydroxyl groups excluding tert-OH is 2. The molecular weight excluding hydrogens is 243 g/mol. The summed E-state index contributed by atoms with van der Waals surface area (Å²) in [4.78, 5) is 0. The third-order valence-electron chi connectivity index (χ3n) is 2.29. The molecule has 0 heterocycles. The molecule has 0 saturated carbocycles. The van der Waals surface area contributed by atoms with Gasteiger partial charge in [0.1, 0.15) is 0 Å². The van der Waals surface area contributed by atoms with Crippen molar-refractivity contribution in [3.8, 4) is 0 Å². The first-order valence-electron chi connectivity index (χ1n) is 5.93. The van der Waals surface area contributed by atoms with E-state index in [-0.39, 0.29) is 6.61 Å². The number of rotatable bonds is 3. The topological polar surface area (TPSA) is 40.5 Å². The standard InChI is InChI=1S/C9H10O.C7H7FO/c10-8-4-7-9-5-2-1-3-6-9;8-7(9)6-4-2-1-3-5-6/h1-7,10H,8H2;1-5,7,9H. The summed E-state index contributed by atoms with van der Waals surface area (Å²) in [7, 11) is 0. The van der Waals surface area contributed by atoms with Crippen molar-refractivity contribution < 1.29 is 14.6 Å². The highest BCUT2D eigenvalue weighted by Crippen LogP contribution is 2.11. The maximum absolute atomic E-state index is 12.0. The molecule has 2 rings (SSSR count). The molecule has 0 aliphatic carbocycles. The fraction of sp³-hybridized carbons (Fsp3) is 0.125. The van der Waals surface area contributed by atoms with Gasteiger partial charge in [0.15, 0.2) is 0 Å². The maximum Gasteiger partial charge on any atom is 0.222 e. The van der Waals surface area contributed by atoms with Crippen LogP contribution in [0, 0.1) is 0 Å². The van der Waals surface area contributed by atoms with Crippen molar-refractivity contribution in [1.82, 2.24) is 0 Å². The molecule has 3 heteroatoms. The summed E-state index contributed by atoms with van der Waals surface area (Å²) >= 11 is 0. The Morgan fingerprint density at radius 2 is 1.47 bits per heavy atom. The molecule has 0 aliphatic rings. The normalized spacial score (nSPS) is 11.7. The van der Waals surface area contributed by atoms with Crippen LogP contribution in [0.15, 0.2) is 66.7 Å². The molecule has 2 N–H and O–H groups in total. The van der Waals surface area contributed by atoms with E-state index in [1.807, 2.05) is 36.4 Å². The molecule has 1 atom stereocenters. The first-order chi connectivity index (χ1) is 9.24. The van der Waals surface area contributed by atoms with Gasteiger partial charge in [-0.15, -0.1) is 0 Å². The molecule has 0 aromatic heterocycles. The van der Waals surface area contributed by atoms with E-state index in [1.54, 1.807) is 24.3 Å². The average Bonchev–Trinajstić information content (AvgIpc) is 2.48. The second kappa shape index (κ2) is 9.03. The summed E-state index contributed by atoms with van der Waals surface area (Å²) in [5.41, 5.74) is 1.43. The Morgan fingerprint density at radius 3 is 1.89 bits per heavy atom. The lowest BCUT2D eigenvalue weighted by Crippen LogP contribution is -1.85. The van der Waals surface area contributed by atoms with Gasteiger partial charge in [-0.25, -0.2) is 4.39 Å². The van der Waals surface area contributed by atoms with Crippen molar-refractivity contribution in [3.05, 3.63) is 77.9 Å². The van der Waals surface area contributed by atoms with Gasteiger partial charge < -0.3 is 10.2 Å². The smallest absolute Gasteiger partial charge is 0.222 e. The van der Waals surface area contributed by atoms with Crippen molar-refractivity contribution in [2.75, 3.05) is 6.61 Å². The lowest BCUT2D eigenvalue weighted by molar-refractivity contribution is 0.0411. The van der Waals surface area contributed by atoms with Gasteiger partial charge in [-0.1, -0.05) is 72.8 Å². The molecule has 2 aromatic rings. The Kier molecular flexibility index (Phi) is 7.17. The molecule has 0 fully saturated rings. The highest BCUT2D eigenvalue weighted by atomic mass is 19.1. The van der Waals surface area contributed by atoms with Crippen LogP contribution in [0.5, 0.6) is 0 Å². The second-order valence-corrected chi connectivity index (χ2v) is 3.74. The van der Waals surface area contributed by atoms with Crippen molar-refractivity contribution in [2.45, 2.75) is 6.36 Å². The van der Waals surface area contributed by atoms with Crippen LogP contribution in [0.2, 0.25) is 0 Å². The highest BCUT2D eigenvalue weighted by Gasteiger charge is 1.99. The fourth-order valence-corrected chi connectivity index (χ4v) is 1.36. The molecule has 2 aromatic carbocycles. The lowest BCUT2D eigenvalue weighted by atomic mass is 10.2. The fourth-order valence-electron chi connectivity index (χ4n) is 1.36. The average molecular weight is 260 g/mol. The molecule has 0 saturated heterocycles. The molecule has 0 radical (unpaired) electrons. The predicted octanol–water partition coefficient (Wildman–Crippen LogP) is 3.34. The van der Waals surface area contributed by atoms with Crippen LogP contribution in [0.3, 0.4) is 0 Å². The minimum Gasteiger partial charge on any atom is -0.392 e. The second-order valence-electron chi connectivity index (χ2n) is 3.74. The summed E-state index contributed by atoms with van der Waals surface area (Å²) < 4.78 is 12.0. The summed E-state index contributed by atoms with van der Waals surface area (Å²) in [6.45, 7) is 0.106. The lowest BCUT2D eigenvalue weighted by Gasteiger charge is -1.97. The first kappa shape index (κ1) is 15.1. The van der Waals surface area contributed by atoms with Crippen LogP contribution in [-0.2, 0) is 0 Å². The zero-order valence-electron chi connectivity index (χ0n) is 10.5. The zero-order chi connectivity index (χ0) is 13.9. The Hall–Kier alpha value is -1.97. The number of hydrogen-bond donors (Lipinski definition) is 2. The van der Waals surface area contributed by atoms with Gasteiger partial charge in [0, 0.05) is 5.56 Å². The van der Waals surface area contributed by atoms with Gasteiger partial charge >= 0.3 is 0 Å². The molecule has 2 nitrogen and oxygen atoms in total. The Labute approximate surface area is 112 Å². The minimum absolute atomic E-state index is 0.106.